The highest BCUT2D eigenvalue weighted by atomic mass is 16.5. The molecule has 7 nitrogen and oxygen atoms in total. The van der Waals surface area contributed by atoms with Gasteiger partial charge in [0.25, 0.3) is 0 Å². The van der Waals surface area contributed by atoms with Crippen LogP contribution in [0, 0.1) is 5.92 Å². The summed E-state index contributed by atoms with van der Waals surface area (Å²) in [7, 11) is 4.04. The van der Waals surface area contributed by atoms with Crippen LogP contribution in [0.5, 0.6) is 0 Å². The van der Waals surface area contributed by atoms with Crippen LogP contribution in [0.4, 0.5) is 0 Å². The molecule has 0 aromatic heterocycles. The summed E-state index contributed by atoms with van der Waals surface area (Å²) in [6, 6.07) is 0. The average Bonchev–Trinajstić information content (AvgIpc) is 2.99. The number of nitrogens with zero attached hydrogens (tertiary/aromatic N) is 1. The second-order valence-electron chi connectivity index (χ2n) is 13.3. The third-order valence-corrected chi connectivity index (χ3v) is 8.62. The molecule has 0 aromatic carbocycles. The van der Waals surface area contributed by atoms with E-state index in [1.807, 2.05) is 21.0 Å². The molecule has 0 aliphatic heterocycles. The lowest BCUT2D eigenvalue weighted by molar-refractivity contribution is -0.150. The fourth-order valence-electron chi connectivity index (χ4n) is 5.83. The van der Waals surface area contributed by atoms with Gasteiger partial charge in [-0.25, -0.2) is 0 Å². The van der Waals surface area contributed by atoms with E-state index in [9.17, 15) is 14.4 Å². The number of ether oxygens (including phenoxy) is 3. The molecule has 0 N–H and O–H groups in total. The van der Waals surface area contributed by atoms with Gasteiger partial charge in [-0.2, -0.15) is 0 Å². The summed E-state index contributed by atoms with van der Waals surface area (Å²) in [5.41, 5.74) is 0. The fourth-order valence-corrected chi connectivity index (χ4v) is 5.83. The number of carbonyl (C=O) groups is 3. The highest BCUT2D eigenvalue weighted by Gasteiger charge is 2.15. The van der Waals surface area contributed by atoms with Crippen LogP contribution in [0.1, 0.15) is 181 Å². The largest absolute Gasteiger partial charge is 0.466 e. The van der Waals surface area contributed by atoms with E-state index in [0.29, 0.717) is 38.4 Å². The first kappa shape index (κ1) is 43.4. The van der Waals surface area contributed by atoms with Crippen molar-refractivity contribution in [2.45, 2.75) is 187 Å². The fraction of sp³-hybridized carbons (Fsp3) is 0.921. The Balaban J connectivity index is 4.22. The zero-order chi connectivity index (χ0) is 33.4. The first-order valence-corrected chi connectivity index (χ1v) is 19.0. The molecular formula is C38H73NO6. The summed E-state index contributed by atoms with van der Waals surface area (Å²) in [4.78, 5) is 38.3. The highest BCUT2D eigenvalue weighted by Crippen LogP contribution is 2.22. The van der Waals surface area contributed by atoms with Crippen molar-refractivity contribution < 1.29 is 28.6 Å². The van der Waals surface area contributed by atoms with Crippen LogP contribution in [-0.4, -0.2) is 62.8 Å². The molecule has 0 saturated heterocycles. The van der Waals surface area contributed by atoms with Crippen molar-refractivity contribution in [2.75, 3.05) is 33.9 Å². The molecule has 0 rings (SSSR count). The maximum Gasteiger partial charge on any atom is 0.306 e. The van der Waals surface area contributed by atoms with E-state index in [2.05, 4.69) is 18.7 Å². The number of carbonyl (C=O) groups excluding carboxylic acids is 3. The van der Waals surface area contributed by atoms with Crippen molar-refractivity contribution in [1.82, 2.24) is 4.90 Å². The first-order valence-electron chi connectivity index (χ1n) is 19.0. The predicted molar refractivity (Wildman–Crippen MR) is 186 cm³/mol. The molecule has 0 amide bonds. The smallest absolute Gasteiger partial charge is 0.306 e. The Morgan fingerprint density at radius 1 is 0.511 bits per heavy atom. The summed E-state index contributed by atoms with van der Waals surface area (Å²) in [5.74, 6) is 0.467. The van der Waals surface area contributed by atoms with Crippen LogP contribution < -0.4 is 0 Å². The lowest BCUT2D eigenvalue weighted by Crippen LogP contribution is -2.20. The number of unbranched alkanes of at least 4 members (excludes halogenated alkanes) is 12. The van der Waals surface area contributed by atoms with Gasteiger partial charge in [-0.05, 0) is 84.8 Å². The van der Waals surface area contributed by atoms with Crippen molar-refractivity contribution in [3.05, 3.63) is 0 Å². The monoisotopic (exact) mass is 640 g/mol. The molecule has 0 saturated carbocycles. The third kappa shape index (κ3) is 30.8. The normalized spacial score (nSPS) is 12.1. The SMILES string of the molecule is CCCCCC(CCCCC)CCOC(=O)CCCCCCCC(CCCCCCCC(=O)OCC)OC(=O)CCCN(C)C. The Kier molecular flexibility index (Phi) is 31.1. The molecule has 45 heavy (non-hydrogen) atoms. The molecule has 0 spiro atoms. The molecule has 1 atom stereocenters. The molecule has 266 valence electrons. The van der Waals surface area contributed by atoms with E-state index in [4.69, 9.17) is 14.2 Å². The lowest BCUT2D eigenvalue weighted by Gasteiger charge is -2.18. The van der Waals surface area contributed by atoms with Crippen LogP contribution in [0.2, 0.25) is 0 Å². The zero-order valence-electron chi connectivity index (χ0n) is 30.4. The summed E-state index contributed by atoms with van der Waals surface area (Å²) < 4.78 is 16.5. The van der Waals surface area contributed by atoms with Gasteiger partial charge in [-0.15, -0.1) is 0 Å². The van der Waals surface area contributed by atoms with Gasteiger partial charge in [0.2, 0.25) is 0 Å². The second kappa shape index (κ2) is 32.3. The number of hydrogen-bond acceptors (Lipinski definition) is 7. The Hall–Kier alpha value is -1.63. The van der Waals surface area contributed by atoms with Gasteiger partial charge >= 0.3 is 17.9 Å². The minimum atomic E-state index is -0.103. The van der Waals surface area contributed by atoms with Gasteiger partial charge in [-0.3, -0.25) is 14.4 Å². The molecule has 0 aromatic rings. The first-order chi connectivity index (χ1) is 21.8. The average molecular weight is 640 g/mol. The van der Waals surface area contributed by atoms with E-state index in [1.54, 1.807) is 0 Å². The quantitative estimate of drug-likeness (QED) is 0.0401. The maximum absolute atomic E-state index is 12.5. The van der Waals surface area contributed by atoms with Crippen LogP contribution in [0.25, 0.3) is 0 Å². The van der Waals surface area contributed by atoms with Crippen molar-refractivity contribution in [3.8, 4) is 0 Å². The Morgan fingerprint density at radius 3 is 1.49 bits per heavy atom. The third-order valence-electron chi connectivity index (χ3n) is 8.62. The maximum atomic E-state index is 12.5. The topological polar surface area (TPSA) is 82.1 Å². The predicted octanol–water partition coefficient (Wildman–Crippen LogP) is 9.97. The van der Waals surface area contributed by atoms with Crippen molar-refractivity contribution in [2.24, 2.45) is 5.92 Å². The Labute approximate surface area is 278 Å². The van der Waals surface area contributed by atoms with Crippen molar-refractivity contribution in [1.29, 1.82) is 0 Å². The van der Waals surface area contributed by atoms with E-state index in [1.165, 1.54) is 51.4 Å². The van der Waals surface area contributed by atoms with E-state index in [0.717, 1.165) is 96.4 Å². The molecule has 0 aliphatic carbocycles. The molecule has 7 heteroatoms. The Bertz CT molecular complexity index is 688. The van der Waals surface area contributed by atoms with Crippen LogP contribution in [0.15, 0.2) is 0 Å². The summed E-state index contributed by atoms with van der Waals surface area (Å²) in [6.45, 7) is 8.24. The van der Waals surface area contributed by atoms with Crippen molar-refractivity contribution in [3.63, 3.8) is 0 Å². The summed E-state index contributed by atoms with van der Waals surface area (Å²) >= 11 is 0. The standard InChI is InChI=1S/C38H73NO6/c1-6-9-17-24-34(25-18-10-7-2)31-33-44-37(41)29-22-16-12-14-20-27-35(45-38(42)30-23-32-39(4)5)26-19-13-11-15-21-28-36(40)43-8-3/h34-35H,6-33H2,1-5H3. The molecule has 0 heterocycles. The highest BCUT2D eigenvalue weighted by molar-refractivity contribution is 5.70. The minimum absolute atomic E-state index is 0.0147. The number of esters is 3. The lowest BCUT2D eigenvalue weighted by atomic mass is 9.92. The summed E-state index contributed by atoms with van der Waals surface area (Å²) in [6.07, 6.45) is 25.6. The minimum Gasteiger partial charge on any atom is -0.466 e. The molecule has 0 fully saturated rings. The van der Waals surface area contributed by atoms with Gasteiger partial charge < -0.3 is 19.1 Å². The molecule has 1 unspecified atom stereocenters. The molecular weight excluding hydrogens is 566 g/mol. The van der Waals surface area contributed by atoms with Gasteiger partial charge in [0.1, 0.15) is 6.10 Å². The van der Waals surface area contributed by atoms with Gasteiger partial charge in [0.15, 0.2) is 0 Å². The number of rotatable bonds is 33. The van der Waals surface area contributed by atoms with Crippen LogP contribution in [-0.2, 0) is 28.6 Å². The van der Waals surface area contributed by atoms with Crippen LogP contribution >= 0.6 is 0 Å². The summed E-state index contributed by atoms with van der Waals surface area (Å²) in [5, 5.41) is 0. The molecule has 0 bridgehead atoms. The number of hydrogen-bond donors (Lipinski definition) is 0. The van der Waals surface area contributed by atoms with Gasteiger partial charge in [0, 0.05) is 19.3 Å². The van der Waals surface area contributed by atoms with Gasteiger partial charge in [-0.1, -0.05) is 104 Å². The van der Waals surface area contributed by atoms with Crippen molar-refractivity contribution >= 4 is 17.9 Å². The van der Waals surface area contributed by atoms with E-state index in [-0.39, 0.29) is 24.0 Å². The zero-order valence-corrected chi connectivity index (χ0v) is 30.4. The van der Waals surface area contributed by atoms with E-state index >= 15 is 0 Å². The Morgan fingerprint density at radius 2 is 0.978 bits per heavy atom. The molecule has 0 aliphatic rings. The van der Waals surface area contributed by atoms with Gasteiger partial charge in [0.05, 0.1) is 13.2 Å². The van der Waals surface area contributed by atoms with E-state index < -0.39 is 0 Å². The molecule has 0 radical (unpaired) electrons. The second-order valence-corrected chi connectivity index (χ2v) is 13.3. The van der Waals surface area contributed by atoms with Crippen LogP contribution in [0.3, 0.4) is 0 Å².